The molecule has 0 saturated carbocycles. The Labute approximate surface area is 168 Å². The molecular formula is C23H20ClF2NO. The molecule has 0 bridgehead atoms. The first-order chi connectivity index (χ1) is 13.3. The van der Waals surface area contributed by atoms with Crippen LogP contribution in [-0.2, 0) is 11.2 Å². The molecule has 28 heavy (non-hydrogen) atoms. The number of benzene rings is 3. The summed E-state index contributed by atoms with van der Waals surface area (Å²) in [6.07, 6.45) is 0.686. The van der Waals surface area contributed by atoms with E-state index in [0.29, 0.717) is 17.0 Å². The van der Waals surface area contributed by atoms with Crippen LogP contribution in [0, 0.1) is 18.6 Å². The molecule has 0 aliphatic carbocycles. The van der Waals surface area contributed by atoms with Gasteiger partial charge in [0, 0.05) is 10.6 Å². The van der Waals surface area contributed by atoms with Crippen LogP contribution in [0.15, 0.2) is 54.6 Å². The summed E-state index contributed by atoms with van der Waals surface area (Å²) in [7, 11) is 0. The van der Waals surface area contributed by atoms with Crippen molar-refractivity contribution in [2.24, 2.45) is 5.73 Å². The minimum atomic E-state index is -1.23. The van der Waals surface area contributed by atoms with Crippen molar-refractivity contribution in [3.05, 3.63) is 93.5 Å². The van der Waals surface area contributed by atoms with Crippen molar-refractivity contribution in [3.63, 3.8) is 0 Å². The number of carbonyl (C=O) groups excluding carboxylic acids is 1. The Kier molecular flexibility index (Phi) is 5.80. The molecule has 0 radical (unpaired) electrons. The zero-order chi connectivity index (χ0) is 20.4. The summed E-state index contributed by atoms with van der Waals surface area (Å²) >= 11 is 6.25. The molecule has 144 valence electrons. The molecule has 5 heteroatoms. The van der Waals surface area contributed by atoms with Crippen molar-refractivity contribution < 1.29 is 13.6 Å². The zero-order valence-electron chi connectivity index (χ0n) is 15.6. The summed E-state index contributed by atoms with van der Waals surface area (Å²) in [5, 5.41) is 0.618. The molecule has 0 saturated heterocycles. The van der Waals surface area contributed by atoms with E-state index in [0.717, 1.165) is 34.4 Å². The second kappa shape index (κ2) is 8.11. The van der Waals surface area contributed by atoms with Gasteiger partial charge < -0.3 is 5.73 Å². The first-order valence-electron chi connectivity index (χ1n) is 8.96. The first kappa shape index (κ1) is 20.0. The molecule has 0 aliphatic rings. The van der Waals surface area contributed by atoms with E-state index in [1.54, 1.807) is 18.2 Å². The van der Waals surface area contributed by atoms with E-state index in [9.17, 15) is 13.6 Å². The minimum Gasteiger partial charge on any atom is -0.369 e. The second-order valence-corrected chi connectivity index (χ2v) is 7.11. The van der Waals surface area contributed by atoms with Crippen LogP contribution in [0.3, 0.4) is 0 Å². The van der Waals surface area contributed by atoms with Gasteiger partial charge in [0.2, 0.25) is 5.91 Å². The van der Waals surface area contributed by atoms with Crippen LogP contribution in [-0.4, -0.2) is 5.91 Å². The Morgan fingerprint density at radius 1 is 1.07 bits per heavy atom. The standard InChI is InChI=1S/C23H20ClF2NO/c1-3-14-10-15(17-6-4-7-18(24)13(17)2)12-16(11-14)21(23(27)28)22-19(25)8-5-9-20(22)26/h4-12,21H,3H2,1-2H3,(H2,27,28). The van der Waals surface area contributed by atoms with Gasteiger partial charge in [-0.2, -0.15) is 0 Å². The molecule has 3 rings (SSSR count). The molecule has 1 unspecified atom stereocenters. The number of hydrogen-bond acceptors (Lipinski definition) is 1. The number of aryl methyl sites for hydroxylation is 1. The van der Waals surface area contributed by atoms with E-state index >= 15 is 0 Å². The maximum Gasteiger partial charge on any atom is 0.229 e. The number of nitrogens with two attached hydrogens (primary N) is 1. The van der Waals surface area contributed by atoms with Gasteiger partial charge in [-0.3, -0.25) is 4.79 Å². The van der Waals surface area contributed by atoms with Gasteiger partial charge in [-0.15, -0.1) is 0 Å². The van der Waals surface area contributed by atoms with Gasteiger partial charge in [-0.1, -0.05) is 48.9 Å². The van der Waals surface area contributed by atoms with Crippen molar-refractivity contribution in [1.82, 2.24) is 0 Å². The Bertz CT molecular complexity index is 1030. The van der Waals surface area contributed by atoms with Crippen LogP contribution < -0.4 is 5.73 Å². The topological polar surface area (TPSA) is 43.1 Å². The van der Waals surface area contributed by atoms with Gasteiger partial charge in [0.15, 0.2) is 0 Å². The highest BCUT2D eigenvalue weighted by Crippen LogP contribution is 2.35. The SMILES string of the molecule is CCc1cc(-c2cccc(Cl)c2C)cc(C(C(N)=O)c2c(F)cccc2F)c1. The third kappa shape index (κ3) is 3.78. The molecule has 3 aromatic carbocycles. The molecule has 0 spiro atoms. The third-order valence-electron chi connectivity index (χ3n) is 4.91. The third-order valence-corrected chi connectivity index (χ3v) is 5.32. The monoisotopic (exact) mass is 399 g/mol. The van der Waals surface area contributed by atoms with Crippen LogP contribution in [0.25, 0.3) is 11.1 Å². The van der Waals surface area contributed by atoms with E-state index in [-0.39, 0.29) is 5.56 Å². The number of primary amides is 1. The second-order valence-electron chi connectivity index (χ2n) is 6.70. The Hall–Kier alpha value is -2.72. The van der Waals surface area contributed by atoms with Gasteiger partial charge in [-0.25, -0.2) is 8.78 Å². The highest BCUT2D eigenvalue weighted by atomic mass is 35.5. The normalized spacial score (nSPS) is 12.0. The van der Waals surface area contributed by atoms with Crippen LogP contribution >= 0.6 is 11.6 Å². The molecule has 0 fully saturated rings. The fraction of sp³-hybridized carbons (Fsp3) is 0.174. The van der Waals surface area contributed by atoms with Gasteiger partial charge in [0.1, 0.15) is 11.6 Å². The molecular weight excluding hydrogens is 380 g/mol. The summed E-state index contributed by atoms with van der Waals surface area (Å²) in [6, 6.07) is 14.6. The van der Waals surface area contributed by atoms with Crippen LogP contribution in [0.4, 0.5) is 8.78 Å². The number of hydrogen-bond donors (Lipinski definition) is 1. The molecule has 3 aromatic rings. The molecule has 0 aliphatic heterocycles. The number of halogens is 3. The van der Waals surface area contributed by atoms with Crippen molar-refractivity contribution in [3.8, 4) is 11.1 Å². The van der Waals surface area contributed by atoms with Crippen LogP contribution in [0.5, 0.6) is 0 Å². The lowest BCUT2D eigenvalue weighted by molar-refractivity contribution is -0.118. The van der Waals surface area contributed by atoms with Crippen molar-refractivity contribution in [2.75, 3.05) is 0 Å². The van der Waals surface area contributed by atoms with Crippen LogP contribution in [0.1, 0.15) is 35.1 Å². The fourth-order valence-electron chi connectivity index (χ4n) is 3.42. The Morgan fingerprint density at radius 3 is 2.32 bits per heavy atom. The van der Waals surface area contributed by atoms with E-state index in [4.69, 9.17) is 17.3 Å². The minimum absolute atomic E-state index is 0.336. The predicted molar refractivity (Wildman–Crippen MR) is 108 cm³/mol. The number of rotatable bonds is 5. The van der Waals surface area contributed by atoms with Crippen molar-refractivity contribution >= 4 is 17.5 Å². The maximum absolute atomic E-state index is 14.4. The van der Waals surface area contributed by atoms with Crippen molar-refractivity contribution in [2.45, 2.75) is 26.2 Å². The van der Waals surface area contributed by atoms with E-state index < -0.39 is 23.5 Å². The van der Waals surface area contributed by atoms with Gasteiger partial charge in [0.25, 0.3) is 0 Å². The van der Waals surface area contributed by atoms with Crippen LogP contribution in [0.2, 0.25) is 5.02 Å². The lowest BCUT2D eigenvalue weighted by atomic mass is 9.86. The zero-order valence-corrected chi connectivity index (χ0v) is 16.4. The lowest BCUT2D eigenvalue weighted by Gasteiger charge is -2.19. The highest BCUT2D eigenvalue weighted by molar-refractivity contribution is 6.31. The average molecular weight is 400 g/mol. The number of amides is 1. The maximum atomic E-state index is 14.4. The van der Waals surface area contributed by atoms with Gasteiger partial charge >= 0.3 is 0 Å². The quantitative estimate of drug-likeness (QED) is 0.581. The average Bonchev–Trinajstić information content (AvgIpc) is 2.66. The summed E-state index contributed by atoms with van der Waals surface area (Å²) < 4.78 is 28.8. The van der Waals surface area contributed by atoms with E-state index in [2.05, 4.69) is 0 Å². The smallest absolute Gasteiger partial charge is 0.229 e. The predicted octanol–water partition coefficient (Wildman–Crippen LogP) is 5.77. The van der Waals surface area contributed by atoms with E-state index in [1.807, 2.05) is 32.0 Å². The first-order valence-corrected chi connectivity index (χ1v) is 9.33. The Morgan fingerprint density at radius 2 is 1.71 bits per heavy atom. The fourth-order valence-corrected chi connectivity index (χ4v) is 3.60. The van der Waals surface area contributed by atoms with Crippen molar-refractivity contribution in [1.29, 1.82) is 0 Å². The van der Waals surface area contributed by atoms with Gasteiger partial charge in [0.05, 0.1) is 5.92 Å². The molecule has 0 aromatic heterocycles. The van der Waals surface area contributed by atoms with Gasteiger partial charge in [-0.05, 0) is 65.4 Å². The lowest BCUT2D eigenvalue weighted by Crippen LogP contribution is -2.24. The Balaban J connectivity index is 2.25. The van der Waals surface area contributed by atoms with E-state index in [1.165, 1.54) is 6.07 Å². The molecule has 0 heterocycles. The summed E-state index contributed by atoms with van der Waals surface area (Å²) in [5.41, 5.74) is 9.21. The molecule has 1 atom stereocenters. The summed E-state index contributed by atoms with van der Waals surface area (Å²) in [5.74, 6) is -3.64. The number of carbonyl (C=O) groups is 1. The molecule has 1 amide bonds. The summed E-state index contributed by atoms with van der Waals surface area (Å²) in [4.78, 5) is 12.2. The highest BCUT2D eigenvalue weighted by Gasteiger charge is 2.27. The summed E-state index contributed by atoms with van der Waals surface area (Å²) in [6.45, 7) is 3.87. The largest absolute Gasteiger partial charge is 0.369 e. The molecule has 2 nitrogen and oxygen atoms in total. The molecule has 2 N–H and O–H groups in total.